The number of hydrogen-bond acceptors (Lipinski definition) is 3. The van der Waals surface area contributed by atoms with E-state index in [-0.39, 0.29) is 5.91 Å². The first kappa shape index (κ1) is 17.0. The summed E-state index contributed by atoms with van der Waals surface area (Å²) in [6.07, 6.45) is 1.69. The molecule has 1 atom stereocenters. The first-order chi connectivity index (χ1) is 12.1. The maximum atomic E-state index is 12.7. The number of carboxylic acids is 1. The third-order valence-corrected chi connectivity index (χ3v) is 4.61. The van der Waals surface area contributed by atoms with E-state index in [0.717, 1.165) is 18.4 Å². The van der Waals surface area contributed by atoms with E-state index in [1.54, 1.807) is 37.4 Å². The number of methoxy groups -OCH3 is 1. The van der Waals surface area contributed by atoms with Gasteiger partial charge in [-0.3, -0.25) is 4.79 Å². The number of carbonyl (C=O) groups excluding carboxylic acids is 1. The molecule has 0 spiro atoms. The number of hydrogen-bond donors (Lipinski definition) is 1. The highest BCUT2D eigenvalue weighted by Gasteiger charge is 2.28. The number of benzene rings is 2. The van der Waals surface area contributed by atoms with Gasteiger partial charge in [-0.2, -0.15) is 0 Å². The quantitative estimate of drug-likeness (QED) is 0.909. The van der Waals surface area contributed by atoms with E-state index in [9.17, 15) is 9.59 Å². The van der Waals surface area contributed by atoms with Crippen molar-refractivity contribution in [3.05, 3.63) is 65.2 Å². The maximum absolute atomic E-state index is 12.7. The van der Waals surface area contributed by atoms with E-state index in [2.05, 4.69) is 0 Å². The summed E-state index contributed by atoms with van der Waals surface area (Å²) in [4.78, 5) is 25.7. The van der Waals surface area contributed by atoms with Crippen LogP contribution in [0.25, 0.3) is 0 Å². The monoisotopic (exact) mass is 339 g/mol. The number of para-hydroxylation sites is 1. The van der Waals surface area contributed by atoms with Crippen molar-refractivity contribution in [3.63, 3.8) is 0 Å². The van der Waals surface area contributed by atoms with Gasteiger partial charge in [0, 0.05) is 13.1 Å². The minimum Gasteiger partial charge on any atom is -0.496 e. The highest BCUT2D eigenvalue weighted by Crippen LogP contribution is 2.26. The van der Waals surface area contributed by atoms with Crippen molar-refractivity contribution in [2.24, 2.45) is 5.92 Å². The van der Waals surface area contributed by atoms with Gasteiger partial charge in [-0.25, -0.2) is 4.79 Å². The molecule has 0 unspecified atom stereocenters. The van der Waals surface area contributed by atoms with Crippen LogP contribution in [0.3, 0.4) is 0 Å². The van der Waals surface area contributed by atoms with Gasteiger partial charge < -0.3 is 14.7 Å². The molecular formula is C20H21NO4. The topological polar surface area (TPSA) is 66.8 Å². The molecule has 1 amide bonds. The minimum atomic E-state index is -0.916. The van der Waals surface area contributed by atoms with E-state index in [0.29, 0.717) is 35.9 Å². The molecule has 1 aliphatic heterocycles. The fourth-order valence-electron chi connectivity index (χ4n) is 3.34. The van der Waals surface area contributed by atoms with Gasteiger partial charge in [-0.15, -0.1) is 0 Å². The molecule has 0 saturated carbocycles. The van der Waals surface area contributed by atoms with Gasteiger partial charge >= 0.3 is 5.97 Å². The summed E-state index contributed by atoms with van der Waals surface area (Å²) >= 11 is 0. The molecule has 0 radical (unpaired) electrons. The van der Waals surface area contributed by atoms with Crippen LogP contribution < -0.4 is 4.74 Å². The highest BCUT2D eigenvalue weighted by molar-refractivity contribution is 5.97. The van der Waals surface area contributed by atoms with Crippen LogP contribution in [-0.2, 0) is 6.42 Å². The number of nitrogens with zero attached hydrogens (tertiary/aromatic N) is 1. The second-order valence-electron chi connectivity index (χ2n) is 6.32. The van der Waals surface area contributed by atoms with Crippen LogP contribution in [0.5, 0.6) is 5.75 Å². The number of aromatic carboxylic acids is 1. The van der Waals surface area contributed by atoms with Gasteiger partial charge in [0.2, 0.25) is 0 Å². The third kappa shape index (κ3) is 3.82. The number of ether oxygens (including phenoxy) is 1. The zero-order valence-electron chi connectivity index (χ0n) is 14.1. The summed E-state index contributed by atoms with van der Waals surface area (Å²) in [5.41, 5.74) is 1.88. The molecule has 1 aliphatic rings. The molecule has 130 valence electrons. The van der Waals surface area contributed by atoms with Crippen LogP contribution in [0.1, 0.15) is 32.7 Å². The lowest BCUT2D eigenvalue weighted by Crippen LogP contribution is -2.29. The number of amides is 1. The van der Waals surface area contributed by atoms with Crippen molar-refractivity contribution < 1.29 is 19.4 Å². The van der Waals surface area contributed by atoms with Crippen LogP contribution in [0, 0.1) is 5.92 Å². The molecule has 1 N–H and O–H groups in total. The number of carbonyl (C=O) groups is 2. The fraction of sp³-hybridized carbons (Fsp3) is 0.300. The molecule has 1 saturated heterocycles. The summed E-state index contributed by atoms with van der Waals surface area (Å²) in [5.74, 6) is -0.00621. The van der Waals surface area contributed by atoms with Crippen molar-refractivity contribution in [1.29, 1.82) is 0 Å². The molecule has 0 aromatic heterocycles. The van der Waals surface area contributed by atoms with Gasteiger partial charge in [0.05, 0.1) is 18.2 Å². The summed E-state index contributed by atoms with van der Waals surface area (Å²) in [6.45, 7) is 1.38. The lowest BCUT2D eigenvalue weighted by molar-refractivity contribution is 0.0696. The first-order valence-electron chi connectivity index (χ1n) is 8.33. The summed E-state index contributed by atoms with van der Waals surface area (Å²) in [5, 5.41) is 9.10. The number of rotatable bonds is 5. The normalized spacial score (nSPS) is 16.7. The zero-order chi connectivity index (χ0) is 17.8. The number of carboxylic acid groups (broad SMARTS) is 1. The fourth-order valence-corrected chi connectivity index (χ4v) is 3.34. The lowest BCUT2D eigenvalue weighted by atomic mass is 9.97. The average molecular weight is 339 g/mol. The standard InChI is InChI=1S/C20H21NO4/c1-25-18-8-3-2-7-17(18)19(22)21-10-9-15(13-21)11-14-5-4-6-16(12-14)20(23)24/h2-8,12,15H,9-11,13H2,1H3,(H,23,24)/t15-/m0/s1. The van der Waals surface area contributed by atoms with Crippen molar-refractivity contribution >= 4 is 11.9 Å². The zero-order valence-corrected chi connectivity index (χ0v) is 14.1. The molecule has 2 aromatic rings. The maximum Gasteiger partial charge on any atom is 0.335 e. The molecule has 0 aliphatic carbocycles. The van der Waals surface area contributed by atoms with E-state index < -0.39 is 5.97 Å². The van der Waals surface area contributed by atoms with Gasteiger partial charge in [0.25, 0.3) is 5.91 Å². The SMILES string of the molecule is COc1ccccc1C(=O)N1CC[C@@H](Cc2cccc(C(=O)O)c2)C1. The smallest absolute Gasteiger partial charge is 0.335 e. The van der Waals surface area contributed by atoms with Gasteiger partial charge in [-0.1, -0.05) is 24.3 Å². The van der Waals surface area contributed by atoms with E-state index in [1.807, 2.05) is 23.1 Å². The Labute approximate surface area is 146 Å². The van der Waals surface area contributed by atoms with Crippen LogP contribution in [0.4, 0.5) is 0 Å². The van der Waals surface area contributed by atoms with E-state index in [4.69, 9.17) is 9.84 Å². The Bertz CT molecular complexity index is 787. The molecule has 25 heavy (non-hydrogen) atoms. The molecule has 2 aromatic carbocycles. The Balaban J connectivity index is 1.66. The molecule has 5 nitrogen and oxygen atoms in total. The molecule has 3 rings (SSSR count). The van der Waals surface area contributed by atoms with Gasteiger partial charge in [-0.05, 0) is 48.6 Å². The summed E-state index contributed by atoms with van der Waals surface area (Å²) < 4.78 is 5.28. The average Bonchev–Trinajstić information content (AvgIpc) is 3.09. The number of likely N-dealkylation sites (tertiary alicyclic amines) is 1. The summed E-state index contributed by atoms with van der Waals surface area (Å²) in [7, 11) is 1.56. The van der Waals surface area contributed by atoms with Crippen LogP contribution in [0.15, 0.2) is 48.5 Å². The molecule has 1 heterocycles. The predicted molar refractivity (Wildman–Crippen MR) is 94.1 cm³/mol. The van der Waals surface area contributed by atoms with E-state index >= 15 is 0 Å². The Morgan fingerprint density at radius 3 is 2.76 bits per heavy atom. The Morgan fingerprint density at radius 2 is 2.00 bits per heavy atom. The van der Waals surface area contributed by atoms with Crippen LogP contribution in [-0.4, -0.2) is 42.1 Å². The van der Waals surface area contributed by atoms with Crippen molar-refractivity contribution in [2.45, 2.75) is 12.8 Å². The third-order valence-electron chi connectivity index (χ3n) is 4.61. The second kappa shape index (κ2) is 7.38. The lowest BCUT2D eigenvalue weighted by Gasteiger charge is -2.18. The van der Waals surface area contributed by atoms with Crippen LogP contribution >= 0.6 is 0 Å². The van der Waals surface area contributed by atoms with Crippen molar-refractivity contribution in [3.8, 4) is 5.75 Å². The van der Waals surface area contributed by atoms with Crippen molar-refractivity contribution in [1.82, 2.24) is 4.90 Å². The highest BCUT2D eigenvalue weighted by atomic mass is 16.5. The largest absolute Gasteiger partial charge is 0.496 e. The summed E-state index contributed by atoms with van der Waals surface area (Å²) in [6, 6.07) is 14.3. The molecule has 5 heteroatoms. The second-order valence-corrected chi connectivity index (χ2v) is 6.32. The minimum absolute atomic E-state index is 0.0146. The predicted octanol–water partition coefficient (Wildman–Crippen LogP) is 3.10. The van der Waals surface area contributed by atoms with E-state index in [1.165, 1.54) is 0 Å². The van der Waals surface area contributed by atoms with Gasteiger partial charge in [0.1, 0.15) is 5.75 Å². The Hall–Kier alpha value is -2.82. The molecule has 1 fully saturated rings. The Morgan fingerprint density at radius 1 is 1.20 bits per heavy atom. The molecular weight excluding hydrogens is 318 g/mol. The first-order valence-corrected chi connectivity index (χ1v) is 8.33. The van der Waals surface area contributed by atoms with Crippen molar-refractivity contribution in [2.75, 3.05) is 20.2 Å². The van der Waals surface area contributed by atoms with Crippen LogP contribution in [0.2, 0.25) is 0 Å². The van der Waals surface area contributed by atoms with Gasteiger partial charge in [0.15, 0.2) is 0 Å². The molecule has 0 bridgehead atoms. The Kier molecular flexibility index (Phi) is 5.03.